The molecule has 27 heavy (non-hydrogen) atoms. The van der Waals surface area contributed by atoms with E-state index in [9.17, 15) is 48.3 Å². The van der Waals surface area contributed by atoms with Crippen molar-refractivity contribution in [3.05, 3.63) is 0 Å². The number of hydrogen-bond acceptors (Lipinski definition) is 0. The Hall–Kier alpha value is -0.770. The van der Waals surface area contributed by atoms with Crippen molar-refractivity contribution in [3.8, 4) is 0 Å². The molecule has 0 amide bonds. The van der Waals surface area contributed by atoms with Crippen LogP contribution < -0.4 is 0 Å². The van der Waals surface area contributed by atoms with E-state index in [1.165, 1.54) is 0 Å². The molecular formula is C16H21F11. The van der Waals surface area contributed by atoms with Crippen LogP contribution in [0.3, 0.4) is 0 Å². The molecule has 1 aliphatic rings. The van der Waals surface area contributed by atoms with Crippen LogP contribution in [0.4, 0.5) is 48.3 Å². The molecule has 0 saturated heterocycles. The van der Waals surface area contributed by atoms with Gasteiger partial charge in [-0.15, -0.1) is 0 Å². The molecule has 0 aliphatic heterocycles. The van der Waals surface area contributed by atoms with Gasteiger partial charge < -0.3 is 0 Å². The Labute approximate surface area is 149 Å². The van der Waals surface area contributed by atoms with Gasteiger partial charge in [0.05, 0.1) is 0 Å². The maximum Gasteiger partial charge on any atom is 0.384 e. The highest BCUT2D eigenvalue weighted by atomic mass is 19.4. The van der Waals surface area contributed by atoms with Crippen molar-refractivity contribution in [2.45, 2.75) is 100.0 Å². The topological polar surface area (TPSA) is 0 Å². The largest absolute Gasteiger partial charge is 0.384 e. The maximum absolute atomic E-state index is 14.3. The Kier molecular flexibility index (Phi) is 6.81. The van der Waals surface area contributed by atoms with Crippen LogP contribution in [0.1, 0.15) is 64.7 Å². The smallest absolute Gasteiger partial charge is 0.230 e. The van der Waals surface area contributed by atoms with Gasteiger partial charge in [-0.3, -0.25) is 0 Å². The van der Waals surface area contributed by atoms with Crippen LogP contribution in [0.25, 0.3) is 0 Å². The van der Waals surface area contributed by atoms with E-state index < -0.39 is 48.1 Å². The summed E-state index contributed by atoms with van der Waals surface area (Å²) >= 11 is 0. The molecule has 11 heteroatoms. The highest BCUT2D eigenvalue weighted by Crippen LogP contribution is 2.70. The molecule has 0 aromatic rings. The zero-order valence-corrected chi connectivity index (χ0v) is 14.5. The van der Waals surface area contributed by atoms with Crippen LogP contribution >= 0.6 is 0 Å². The van der Waals surface area contributed by atoms with Crippen LogP contribution in [0, 0.1) is 0 Å². The number of rotatable bonds is 9. The molecule has 0 aromatic carbocycles. The number of hydrogen-bond donors (Lipinski definition) is 0. The zero-order valence-electron chi connectivity index (χ0n) is 14.5. The highest BCUT2D eigenvalue weighted by Gasteiger charge is 3.00. The zero-order chi connectivity index (χ0) is 21.4. The van der Waals surface area contributed by atoms with Crippen molar-refractivity contribution >= 4 is 0 Å². The second-order valence-corrected chi connectivity index (χ2v) is 6.90. The minimum atomic E-state index is -7.12. The van der Waals surface area contributed by atoms with Gasteiger partial charge in [-0.2, -0.15) is 43.9 Å². The maximum atomic E-state index is 14.3. The Bertz CT molecular complexity index is 469. The molecule has 0 atom stereocenters. The third-order valence-corrected chi connectivity index (χ3v) is 4.95. The number of unbranched alkanes of at least 4 members (excludes halogenated alkanes) is 7. The van der Waals surface area contributed by atoms with Crippen LogP contribution in [-0.4, -0.2) is 35.3 Å². The first kappa shape index (κ1) is 24.3. The van der Waals surface area contributed by atoms with E-state index in [0.717, 1.165) is 19.3 Å². The van der Waals surface area contributed by atoms with E-state index >= 15 is 0 Å². The summed E-state index contributed by atoms with van der Waals surface area (Å²) in [6.45, 7) is 1.94. The lowest BCUT2D eigenvalue weighted by Crippen LogP contribution is -2.83. The molecule has 162 valence electrons. The standard InChI is InChI=1S/C16H21F11/c1-2-3-4-5-6-7-8-9-10-11(17)12(18,19)14(22,23)16(26,27)15(24,25)13(11,20)21/h2-10H2,1H3. The van der Waals surface area contributed by atoms with Gasteiger partial charge in [-0.25, -0.2) is 4.39 Å². The van der Waals surface area contributed by atoms with Gasteiger partial charge in [0.1, 0.15) is 0 Å². The summed E-state index contributed by atoms with van der Waals surface area (Å²) in [6, 6.07) is 0. The third-order valence-electron chi connectivity index (χ3n) is 4.95. The molecule has 0 radical (unpaired) electrons. The van der Waals surface area contributed by atoms with Gasteiger partial charge in [-0.05, 0) is 12.8 Å². The van der Waals surface area contributed by atoms with Crippen molar-refractivity contribution in [3.63, 3.8) is 0 Å². The Morgan fingerprint density at radius 1 is 0.407 bits per heavy atom. The quantitative estimate of drug-likeness (QED) is 0.268. The molecule has 0 N–H and O–H groups in total. The lowest BCUT2D eigenvalue weighted by atomic mass is 9.70. The Morgan fingerprint density at radius 3 is 1.07 bits per heavy atom. The van der Waals surface area contributed by atoms with E-state index in [1.807, 2.05) is 6.92 Å². The molecule has 0 nitrogen and oxygen atoms in total. The molecule has 0 heterocycles. The van der Waals surface area contributed by atoms with Crippen molar-refractivity contribution < 1.29 is 48.3 Å². The van der Waals surface area contributed by atoms with Crippen molar-refractivity contribution in [1.82, 2.24) is 0 Å². The molecule has 0 unspecified atom stereocenters. The number of alkyl halides is 11. The molecule has 1 saturated carbocycles. The van der Waals surface area contributed by atoms with Crippen LogP contribution in [0.5, 0.6) is 0 Å². The predicted octanol–water partition coefficient (Wildman–Crippen LogP) is 7.42. The molecule has 0 bridgehead atoms. The van der Waals surface area contributed by atoms with E-state index in [2.05, 4.69) is 0 Å². The summed E-state index contributed by atoms with van der Waals surface area (Å²) in [4.78, 5) is 0. The first-order chi connectivity index (χ1) is 12.1. The van der Waals surface area contributed by atoms with E-state index in [0.29, 0.717) is 12.8 Å². The van der Waals surface area contributed by atoms with Crippen LogP contribution in [0.15, 0.2) is 0 Å². The average Bonchev–Trinajstić information content (AvgIpc) is 2.55. The SMILES string of the molecule is CCCCCCCCCCC1(F)C(F)(F)C(F)(F)C(F)(F)C(F)(F)C1(F)F. The molecule has 1 rings (SSSR count). The first-order valence-electron chi connectivity index (χ1n) is 8.64. The summed E-state index contributed by atoms with van der Waals surface area (Å²) in [7, 11) is 0. The third kappa shape index (κ3) is 3.30. The average molecular weight is 422 g/mol. The van der Waals surface area contributed by atoms with Gasteiger partial charge >= 0.3 is 29.6 Å². The number of halogens is 11. The molecule has 1 aliphatic carbocycles. The van der Waals surface area contributed by atoms with Crippen molar-refractivity contribution in [2.24, 2.45) is 0 Å². The lowest BCUT2D eigenvalue weighted by Gasteiger charge is -2.52. The summed E-state index contributed by atoms with van der Waals surface area (Å²) < 4.78 is 148. The summed E-state index contributed by atoms with van der Waals surface area (Å²) in [5, 5.41) is 0. The minimum absolute atomic E-state index is 0.169. The van der Waals surface area contributed by atoms with Gasteiger partial charge in [0, 0.05) is 0 Å². The molecule has 1 fully saturated rings. The lowest BCUT2D eigenvalue weighted by molar-refractivity contribution is -0.485. The molecule has 0 spiro atoms. The van der Waals surface area contributed by atoms with Gasteiger partial charge in [-0.1, -0.05) is 51.9 Å². The Morgan fingerprint density at radius 2 is 0.704 bits per heavy atom. The predicted molar refractivity (Wildman–Crippen MR) is 75.8 cm³/mol. The fourth-order valence-corrected chi connectivity index (χ4v) is 3.10. The van der Waals surface area contributed by atoms with Gasteiger partial charge in [0.15, 0.2) is 0 Å². The first-order valence-corrected chi connectivity index (χ1v) is 8.64. The summed E-state index contributed by atoms with van der Waals surface area (Å²) in [5.41, 5.74) is -5.81. The van der Waals surface area contributed by atoms with E-state index in [-0.39, 0.29) is 12.8 Å². The molecular weight excluding hydrogens is 401 g/mol. The van der Waals surface area contributed by atoms with Crippen molar-refractivity contribution in [1.29, 1.82) is 0 Å². The second kappa shape index (κ2) is 7.57. The summed E-state index contributed by atoms with van der Waals surface area (Å²) in [6.07, 6.45) is 1.06. The fourth-order valence-electron chi connectivity index (χ4n) is 3.10. The highest BCUT2D eigenvalue weighted by molar-refractivity contribution is 5.26. The van der Waals surface area contributed by atoms with Gasteiger partial charge in [0.25, 0.3) is 0 Å². The fraction of sp³-hybridized carbons (Fsp3) is 1.00. The van der Waals surface area contributed by atoms with Crippen LogP contribution in [-0.2, 0) is 0 Å². The van der Waals surface area contributed by atoms with Gasteiger partial charge in [0.2, 0.25) is 5.67 Å². The second-order valence-electron chi connectivity index (χ2n) is 6.90. The normalized spacial score (nSPS) is 26.7. The van der Waals surface area contributed by atoms with E-state index in [1.54, 1.807) is 0 Å². The van der Waals surface area contributed by atoms with E-state index in [4.69, 9.17) is 0 Å². The monoisotopic (exact) mass is 422 g/mol. The Balaban J connectivity index is 2.95. The van der Waals surface area contributed by atoms with Crippen molar-refractivity contribution in [2.75, 3.05) is 0 Å². The minimum Gasteiger partial charge on any atom is -0.230 e. The van der Waals surface area contributed by atoms with Crippen LogP contribution in [0.2, 0.25) is 0 Å². The summed E-state index contributed by atoms with van der Waals surface area (Å²) in [5.74, 6) is -34.5. The molecule has 0 aromatic heterocycles.